The van der Waals surface area contributed by atoms with Crippen LogP contribution in [0.5, 0.6) is 23.0 Å². The molecule has 0 saturated heterocycles. The fraction of sp³-hybridized carbons (Fsp3) is 0.0435. The van der Waals surface area contributed by atoms with Crippen LogP contribution in [0.3, 0.4) is 0 Å². The van der Waals surface area contributed by atoms with Crippen LogP contribution in [0.2, 0.25) is 0 Å². The second-order valence-corrected chi connectivity index (χ2v) is 7.52. The average molecular weight is 451 g/mol. The Hall–Kier alpha value is -4.11. The highest BCUT2D eigenvalue weighted by molar-refractivity contribution is 7.07. The van der Waals surface area contributed by atoms with Gasteiger partial charge in [0, 0.05) is 17.0 Å². The summed E-state index contributed by atoms with van der Waals surface area (Å²) >= 11 is 1.28. The fourth-order valence-corrected chi connectivity index (χ4v) is 3.78. The van der Waals surface area contributed by atoms with Gasteiger partial charge < -0.3 is 20.1 Å². The van der Waals surface area contributed by atoms with Crippen LogP contribution < -0.4 is 9.54 Å². The number of phenols is 3. The summed E-state index contributed by atoms with van der Waals surface area (Å²) in [5.41, 5.74) is 2.17. The quantitative estimate of drug-likeness (QED) is 0.386. The molecule has 162 valence electrons. The van der Waals surface area contributed by atoms with E-state index in [1.807, 2.05) is 0 Å². The first-order valence-electron chi connectivity index (χ1n) is 9.39. The molecule has 0 atom stereocenters. The number of aromatic nitrogens is 1. The van der Waals surface area contributed by atoms with E-state index in [0.29, 0.717) is 33.1 Å². The smallest absolute Gasteiger partial charge is 0.211 e. The fourth-order valence-electron chi connectivity index (χ4n) is 2.94. The van der Waals surface area contributed by atoms with E-state index in [4.69, 9.17) is 4.74 Å². The Morgan fingerprint density at radius 3 is 2.47 bits per heavy atom. The van der Waals surface area contributed by atoms with Crippen molar-refractivity contribution >= 4 is 23.2 Å². The molecule has 0 unspecified atom stereocenters. The molecule has 0 aliphatic heterocycles. The molecule has 0 fully saturated rings. The van der Waals surface area contributed by atoms with Crippen LogP contribution in [0.25, 0.3) is 11.3 Å². The van der Waals surface area contributed by atoms with Crippen molar-refractivity contribution in [2.45, 2.75) is 0 Å². The maximum Gasteiger partial charge on any atom is 0.211 e. The third-order valence-electron chi connectivity index (χ3n) is 4.52. The van der Waals surface area contributed by atoms with Crippen molar-refractivity contribution in [1.29, 1.82) is 0 Å². The van der Waals surface area contributed by atoms with E-state index in [1.165, 1.54) is 53.5 Å². The van der Waals surface area contributed by atoms with Crippen LogP contribution in [-0.2, 0) is 0 Å². The van der Waals surface area contributed by atoms with Gasteiger partial charge in [0.2, 0.25) is 4.80 Å². The van der Waals surface area contributed by atoms with E-state index < -0.39 is 0 Å². The molecule has 4 rings (SSSR count). The predicted molar refractivity (Wildman–Crippen MR) is 120 cm³/mol. The first kappa shape index (κ1) is 21.1. The van der Waals surface area contributed by atoms with Gasteiger partial charge in [-0.15, -0.1) is 11.3 Å². The zero-order valence-corrected chi connectivity index (χ0v) is 17.6. The highest BCUT2D eigenvalue weighted by atomic mass is 32.1. The summed E-state index contributed by atoms with van der Waals surface area (Å²) in [6.45, 7) is 0. The molecular formula is C23H18FN3O4S. The van der Waals surface area contributed by atoms with Crippen LogP contribution in [0.15, 0.2) is 76.1 Å². The van der Waals surface area contributed by atoms with Gasteiger partial charge in [-0.05, 0) is 60.2 Å². The number of benzene rings is 3. The third kappa shape index (κ3) is 4.47. The third-order valence-corrected chi connectivity index (χ3v) is 5.34. The standard InChI is InChI=1S/C23H18FN3O4S/c1-31-22-10-14(2-9-20(22)29)12-25-27-19(18-8-7-17(28)11-21(18)30)13-32-23(27)26-16-5-3-15(24)4-6-16/h2-13,28-30H,1H3/b25-12+,26-23?. The summed E-state index contributed by atoms with van der Waals surface area (Å²) in [7, 11) is 1.45. The Morgan fingerprint density at radius 1 is 0.969 bits per heavy atom. The molecular weight excluding hydrogens is 433 g/mol. The van der Waals surface area contributed by atoms with Crippen molar-refractivity contribution in [2.75, 3.05) is 7.11 Å². The molecule has 3 aromatic carbocycles. The van der Waals surface area contributed by atoms with Crippen LogP contribution in [0.1, 0.15) is 5.56 Å². The maximum atomic E-state index is 13.3. The monoisotopic (exact) mass is 451 g/mol. The zero-order valence-electron chi connectivity index (χ0n) is 16.8. The van der Waals surface area contributed by atoms with E-state index in [2.05, 4.69) is 10.1 Å². The van der Waals surface area contributed by atoms with Crippen LogP contribution in [-0.4, -0.2) is 33.3 Å². The Bertz CT molecular complexity index is 1360. The molecule has 0 saturated carbocycles. The average Bonchev–Trinajstić information content (AvgIpc) is 3.16. The summed E-state index contributed by atoms with van der Waals surface area (Å²) < 4.78 is 19.9. The van der Waals surface area contributed by atoms with Gasteiger partial charge in [0.15, 0.2) is 11.5 Å². The number of hydrogen-bond acceptors (Lipinski definition) is 7. The van der Waals surface area contributed by atoms with Crippen molar-refractivity contribution < 1.29 is 24.4 Å². The SMILES string of the molecule is COc1cc(/C=N/n2c(-c3ccc(O)cc3O)csc2=Nc2ccc(F)cc2)ccc1O. The van der Waals surface area contributed by atoms with Crippen molar-refractivity contribution in [3.05, 3.63) is 82.2 Å². The number of ether oxygens (including phenoxy) is 1. The summed E-state index contributed by atoms with van der Waals surface area (Å²) in [4.78, 5) is 5.01. The summed E-state index contributed by atoms with van der Waals surface area (Å²) in [6, 6.07) is 14.8. The number of hydrogen-bond donors (Lipinski definition) is 3. The second kappa shape index (κ2) is 8.94. The number of phenolic OH excluding ortho intramolecular Hbond substituents is 3. The molecule has 1 aromatic heterocycles. The van der Waals surface area contributed by atoms with E-state index in [1.54, 1.807) is 41.9 Å². The minimum atomic E-state index is -0.364. The minimum Gasteiger partial charge on any atom is -0.508 e. The lowest BCUT2D eigenvalue weighted by atomic mass is 10.1. The van der Waals surface area contributed by atoms with Crippen molar-refractivity contribution in [2.24, 2.45) is 10.1 Å². The number of aromatic hydroxyl groups is 3. The number of methoxy groups -OCH3 is 1. The van der Waals surface area contributed by atoms with E-state index in [9.17, 15) is 19.7 Å². The minimum absolute atomic E-state index is 0.00883. The topological polar surface area (TPSA) is 99.6 Å². The predicted octanol–water partition coefficient (Wildman–Crippen LogP) is 4.60. The first-order chi connectivity index (χ1) is 15.4. The van der Waals surface area contributed by atoms with Gasteiger partial charge in [-0.2, -0.15) is 5.10 Å². The number of halogens is 1. The summed E-state index contributed by atoms with van der Waals surface area (Å²) in [5, 5.41) is 36.1. The van der Waals surface area contributed by atoms with Crippen LogP contribution in [0.4, 0.5) is 10.1 Å². The molecule has 0 bridgehead atoms. The second-order valence-electron chi connectivity index (χ2n) is 6.68. The molecule has 0 aliphatic rings. The van der Waals surface area contributed by atoms with Gasteiger partial charge in [0.05, 0.1) is 24.7 Å². The molecule has 0 radical (unpaired) electrons. The molecule has 1 heterocycles. The largest absolute Gasteiger partial charge is 0.508 e. The lowest BCUT2D eigenvalue weighted by molar-refractivity contribution is 0.373. The highest BCUT2D eigenvalue weighted by Gasteiger charge is 2.13. The van der Waals surface area contributed by atoms with Crippen LogP contribution >= 0.6 is 11.3 Å². The lowest BCUT2D eigenvalue weighted by Gasteiger charge is -2.07. The zero-order chi connectivity index (χ0) is 22.7. The molecule has 0 spiro atoms. The Kier molecular flexibility index (Phi) is 5.91. The molecule has 0 amide bonds. The molecule has 3 N–H and O–H groups in total. The first-order valence-corrected chi connectivity index (χ1v) is 10.3. The molecule has 0 aliphatic carbocycles. The van der Waals surface area contributed by atoms with E-state index in [0.717, 1.165) is 0 Å². The van der Waals surface area contributed by atoms with Gasteiger partial charge in [0.1, 0.15) is 17.3 Å². The Balaban J connectivity index is 1.85. The maximum absolute atomic E-state index is 13.3. The molecule has 7 nitrogen and oxygen atoms in total. The highest BCUT2D eigenvalue weighted by Crippen LogP contribution is 2.32. The van der Waals surface area contributed by atoms with Gasteiger partial charge in [-0.1, -0.05) is 0 Å². The Morgan fingerprint density at radius 2 is 1.75 bits per heavy atom. The normalized spacial score (nSPS) is 11.9. The summed E-state index contributed by atoms with van der Waals surface area (Å²) in [6.07, 6.45) is 1.55. The lowest BCUT2D eigenvalue weighted by Crippen LogP contribution is -2.11. The van der Waals surface area contributed by atoms with Gasteiger partial charge >= 0.3 is 0 Å². The molecule has 4 aromatic rings. The van der Waals surface area contributed by atoms with Crippen molar-refractivity contribution in [3.63, 3.8) is 0 Å². The van der Waals surface area contributed by atoms with Gasteiger partial charge in [0.25, 0.3) is 0 Å². The number of thiazole rings is 1. The van der Waals surface area contributed by atoms with Crippen molar-refractivity contribution in [3.8, 4) is 34.3 Å². The van der Waals surface area contributed by atoms with Crippen LogP contribution in [0, 0.1) is 5.82 Å². The van der Waals surface area contributed by atoms with Gasteiger partial charge in [-0.25, -0.2) is 14.1 Å². The van der Waals surface area contributed by atoms with E-state index in [-0.39, 0.29) is 23.1 Å². The van der Waals surface area contributed by atoms with Crippen molar-refractivity contribution in [1.82, 2.24) is 4.68 Å². The number of nitrogens with zero attached hydrogens (tertiary/aromatic N) is 3. The van der Waals surface area contributed by atoms with Gasteiger partial charge in [-0.3, -0.25) is 0 Å². The Labute approximate surface area is 186 Å². The molecule has 9 heteroatoms. The molecule has 32 heavy (non-hydrogen) atoms. The van der Waals surface area contributed by atoms with E-state index >= 15 is 0 Å². The summed E-state index contributed by atoms with van der Waals surface area (Å²) in [5.74, 6) is -0.237. The number of rotatable bonds is 5.